The summed E-state index contributed by atoms with van der Waals surface area (Å²) in [5.74, 6) is -1.43. The van der Waals surface area contributed by atoms with E-state index in [4.69, 9.17) is 4.74 Å². The molecule has 0 aromatic heterocycles. The molecule has 1 fully saturated rings. The topological polar surface area (TPSA) is 50.4 Å². The number of nitrogens with one attached hydrogen (secondary N) is 2. The molecular weight excluding hydrogens is 326 g/mol. The van der Waals surface area contributed by atoms with Gasteiger partial charge in [0.25, 0.3) is 5.91 Å². The van der Waals surface area contributed by atoms with Crippen LogP contribution in [0.15, 0.2) is 48.5 Å². The van der Waals surface area contributed by atoms with E-state index < -0.39 is 11.6 Å². The second-order valence-electron chi connectivity index (χ2n) is 6.05. The molecule has 1 heterocycles. The lowest BCUT2D eigenvalue weighted by atomic mass is 9.86. The van der Waals surface area contributed by atoms with E-state index in [1.807, 2.05) is 18.2 Å². The Morgan fingerprint density at radius 3 is 2.72 bits per heavy atom. The van der Waals surface area contributed by atoms with E-state index in [1.165, 1.54) is 6.07 Å². The largest absolute Gasteiger partial charge is 0.484 e. The molecule has 4 nitrogen and oxygen atoms in total. The average molecular weight is 346 g/mol. The van der Waals surface area contributed by atoms with E-state index in [0.29, 0.717) is 17.9 Å². The first-order valence-corrected chi connectivity index (χ1v) is 8.26. The van der Waals surface area contributed by atoms with Crippen molar-refractivity contribution in [2.45, 2.75) is 18.4 Å². The molecule has 3 rings (SSSR count). The summed E-state index contributed by atoms with van der Waals surface area (Å²) in [6.45, 7) is 1.24. The van der Waals surface area contributed by atoms with Gasteiger partial charge in [-0.15, -0.1) is 0 Å². The predicted molar refractivity (Wildman–Crippen MR) is 90.5 cm³/mol. The number of para-hydroxylation sites is 1. The highest BCUT2D eigenvalue weighted by Crippen LogP contribution is 2.27. The number of amides is 1. The molecule has 1 amide bonds. The molecule has 2 aromatic rings. The van der Waals surface area contributed by atoms with Crippen LogP contribution in [0.4, 0.5) is 8.78 Å². The molecule has 6 heteroatoms. The van der Waals surface area contributed by atoms with Crippen LogP contribution in [0.3, 0.4) is 0 Å². The fourth-order valence-corrected chi connectivity index (χ4v) is 3.07. The van der Waals surface area contributed by atoms with E-state index in [0.717, 1.165) is 19.0 Å². The Hall–Kier alpha value is -2.47. The monoisotopic (exact) mass is 346 g/mol. The zero-order chi connectivity index (χ0) is 17.6. The standard InChI is InChI=1S/C19H20F2N2O2/c20-16-7-6-13(10-17(16)21)15-8-9-22-11-18(15)23-19(24)12-25-14-4-2-1-3-5-14/h1-7,10,15,18,22H,8-9,11-12H2,(H,23,24). The van der Waals surface area contributed by atoms with Gasteiger partial charge in [0, 0.05) is 18.5 Å². The summed E-state index contributed by atoms with van der Waals surface area (Å²) < 4.78 is 32.1. The maximum atomic E-state index is 13.5. The number of hydrogen-bond acceptors (Lipinski definition) is 3. The number of carbonyl (C=O) groups excluding carboxylic acids is 1. The van der Waals surface area contributed by atoms with Crippen LogP contribution in [-0.4, -0.2) is 31.6 Å². The summed E-state index contributed by atoms with van der Waals surface area (Å²) in [5, 5.41) is 6.15. The minimum Gasteiger partial charge on any atom is -0.484 e. The molecule has 0 saturated carbocycles. The van der Waals surface area contributed by atoms with Gasteiger partial charge in [-0.3, -0.25) is 4.79 Å². The Kier molecular flexibility index (Phi) is 5.60. The molecule has 2 atom stereocenters. The number of piperidine rings is 1. The van der Waals surface area contributed by atoms with Crippen molar-refractivity contribution in [1.29, 1.82) is 0 Å². The number of ether oxygens (including phenoxy) is 1. The number of benzene rings is 2. The van der Waals surface area contributed by atoms with Crippen molar-refractivity contribution in [2.75, 3.05) is 19.7 Å². The highest BCUT2D eigenvalue weighted by molar-refractivity contribution is 5.78. The lowest BCUT2D eigenvalue weighted by Crippen LogP contribution is -2.51. The van der Waals surface area contributed by atoms with Gasteiger partial charge in [0.05, 0.1) is 0 Å². The molecule has 1 aliphatic heterocycles. The predicted octanol–water partition coefficient (Wildman–Crippen LogP) is 2.61. The van der Waals surface area contributed by atoms with Crippen LogP contribution in [0.25, 0.3) is 0 Å². The molecule has 0 aliphatic carbocycles. The first-order chi connectivity index (χ1) is 12.1. The molecule has 0 spiro atoms. The van der Waals surface area contributed by atoms with E-state index in [-0.39, 0.29) is 24.5 Å². The van der Waals surface area contributed by atoms with Gasteiger partial charge < -0.3 is 15.4 Å². The van der Waals surface area contributed by atoms with Gasteiger partial charge in [-0.1, -0.05) is 24.3 Å². The number of halogens is 2. The van der Waals surface area contributed by atoms with Crippen LogP contribution in [0.1, 0.15) is 17.9 Å². The van der Waals surface area contributed by atoms with Gasteiger partial charge >= 0.3 is 0 Å². The maximum absolute atomic E-state index is 13.5. The molecule has 0 radical (unpaired) electrons. The summed E-state index contributed by atoms with van der Waals surface area (Å²) in [6, 6.07) is 12.8. The third-order valence-corrected chi connectivity index (χ3v) is 4.31. The van der Waals surface area contributed by atoms with E-state index >= 15 is 0 Å². The quantitative estimate of drug-likeness (QED) is 0.875. The highest BCUT2D eigenvalue weighted by Gasteiger charge is 2.28. The Balaban J connectivity index is 1.62. The van der Waals surface area contributed by atoms with Crippen molar-refractivity contribution >= 4 is 5.91 Å². The van der Waals surface area contributed by atoms with Gasteiger partial charge in [0.2, 0.25) is 0 Å². The van der Waals surface area contributed by atoms with Crippen molar-refractivity contribution in [3.05, 3.63) is 65.7 Å². The summed E-state index contributed by atoms with van der Waals surface area (Å²) in [6.07, 6.45) is 0.732. The number of rotatable bonds is 5. The fraction of sp³-hybridized carbons (Fsp3) is 0.316. The van der Waals surface area contributed by atoms with Crippen molar-refractivity contribution in [3.8, 4) is 5.75 Å². The van der Waals surface area contributed by atoms with Crippen LogP contribution in [-0.2, 0) is 4.79 Å². The van der Waals surface area contributed by atoms with Gasteiger partial charge in [0.15, 0.2) is 18.2 Å². The lowest BCUT2D eigenvalue weighted by Gasteiger charge is -2.33. The van der Waals surface area contributed by atoms with Gasteiger partial charge in [0.1, 0.15) is 5.75 Å². The molecule has 1 saturated heterocycles. The van der Waals surface area contributed by atoms with Crippen molar-refractivity contribution in [3.63, 3.8) is 0 Å². The van der Waals surface area contributed by atoms with E-state index in [2.05, 4.69) is 10.6 Å². The lowest BCUT2D eigenvalue weighted by molar-refractivity contribution is -0.124. The molecule has 2 unspecified atom stereocenters. The normalized spacial score (nSPS) is 20.1. The first-order valence-electron chi connectivity index (χ1n) is 8.26. The van der Waals surface area contributed by atoms with E-state index in [1.54, 1.807) is 18.2 Å². The molecule has 1 aliphatic rings. The Morgan fingerprint density at radius 1 is 1.16 bits per heavy atom. The second kappa shape index (κ2) is 8.07. The van der Waals surface area contributed by atoms with E-state index in [9.17, 15) is 13.6 Å². The molecular formula is C19H20F2N2O2. The zero-order valence-electron chi connectivity index (χ0n) is 13.7. The summed E-state index contributed by atoms with van der Waals surface area (Å²) in [5.41, 5.74) is 0.690. The SMILES string of the molecule is O=C(COc1ccccc1)NC1CNCCC1c1ccc(F)c(F)c1. The first kappa shape index (κ1) is 17.4. The van der Waals surface area contributed by atoms with Crippen molar-refractivity contribution < 1.29 is 18.3 Å². The van der Waals surface area contributed by atoms with Crippen LogP contribution in [0.5, 0.6) is 5.75 Å². The number of carbonyl (C=O) groups is 1. The smallest absolute Gasteiger partial charge is 0.258 e. The second-order valence-corrected chi connectivity index (χ2v) is 6.05. The molecule has 0 bridgehead atoms. The van der Waals surface area contributed by atoms with Gasteiger partial charge in [-0.2, -0.15) is 0 Å². The summed E-state index contributed by atoms with van der Waals surface area (Å²) in [7, 11) is 0. The number of hydrogen-bond donors (Lipinski definition) is 2. The summed E-state index contributed by atoms with van der Waals surface area (Å²) >= 11 is 0. The maximum Gasteiger partial charge on any atom is 0.258 e. The Labute approximate surface area is 145 Å². The van der Waals surface area contributed by atoms with Gasteiger partial charge in [-0.05, 0) is 42.8 Å². The zero-order valence-corrected chi connectivity index (χ0v) is 13.7. The Bertz CT molecular complexity index is 725. The Morgan fingerprint density at radius 2 is 1.96 bits per heavy atom. The minimum absolute atomic E-state index is 0.0722. The van der Waals surface area contributed by atoms with Gasteiger partial charge in [-0.25, -0.2) is 8.78 Å². The minimum atomic E-state index is -0.867. The van der Waals surface area contributed by atoms with Crippen LogP contribution in [0, 0.1) is 11.6 Å². The summed E-state index contributed by atoms with van der Waals surface area (Å²) in [4.78, 5) is 12.2. The molecule has 25 heavy (non-hydrogen) atoms. The van der Waals surface area contributed by atoms with Crippen LogP contribution in [0.2, 0.25) is 0 Å². The fourth-order valence-electron chi connectivity index (χ4n) is 3.07. The van der Waals surface area contributed by atoms with Crippen LogP contribution >= 0.6 is 0 Å². The third kappa shape index (κ3) is 4.54. The van der Waals surface area contributed by atoms with Crippen molar-refractivity contribution in [2.24, 2.45) is 0 Å². The highest BCUT2D eigenvalue weighted by atomic mass is 19.2. The molecule has 2 N–H and O–H groups in total. The van der Waals surface area contributed by atoms with Crippen molar-refractivity contribution in [1.82, 2.24) is 10.6 Å². The van der Waals surface area contributed by atoms with Crippen LogP contribution < -0.4 is 15.4 Å². The molecule has 132 valence electrons. The third-order valence-electron chi connectivity index (χ3n) is 4.31. The average Bonchev–Trinajstić information content (AvgIpc) is 2.64. The molecule has 2 aromatic carbocycles.